The highest BCUT2D eigenvalue weighted by Gasteiger charge is 2.42. The van der Waals surface area contributed by atoms with Crippen LogP contribution >= 0.6 is 34.8 Å². The number of benzene rings is 3. The number of hydrogen-bond acceptors (Lipinski definition) is 4. The van der Waals surface area contributed by atoms with E-state index in [4.69, 9.17) is 49.4 Å². The maximum absolute atomic E-state index is 6.50. The molecule has 5 rings (SSSR count). The van der Waals surface area contributed by atoms with E-state index >= 15 is 0 Å². The molecule has 0 aromatic heterocycles. The third-order valence-corrected chi connectivity index (χ3v) is 6.10. The van der Waals surface area contributed by atoms with E-state index in [0.29, 0.717) is 27.2 Å². The Hall–Kier alpha value is -2.40. The highest BCUT2D eigenvalue weighted by molar-refractivity contribution is 6.35. The molecule has 152 valence electrons. The van der Waals surface area contributed by atoms with Crippen LogP contribution in [0.2, 0.25) is 15.1 Å². The van der Waals surface area contributed by atoms with Gasteiger partial charge in [-0.05, 0) is 54.1 Å². The Bertz CT molecular complexity index is 1150. The van der Waals surface area contributed by atoms with Crippen molar-refractivity contribution in [3.05, 3.63) is 92.4 Å². The summed E-state index contributed by atoms with van der Waals surface area (Å²) < 4.78 is 11.6. The highest BCUT2D eigenvalue weighted by atomic mass is 35.5. The van der Waals surface area contributed by atoms with E-state index in [2.05, 4.69) is 0 Å². The smallest absolute Gasteiger partial charge is 0.214 e. The number of ether oxygens (including phenoxy) is 2. The summed E-state index contributed by atoms with van der Waals surface area (Å²) >= 11 is 19.1. The molecule has 2 heterocycles. The summed E-state index contributed by atoms with van der Waals surface area (Å²) in [5.41, 5.74) is 3.83. The molecule has 0 saturated heterocycles. The van der Waals surface area contributed by atoms with Crippen molar-refractivity contribution in [2.75, 3.05) is 7.11 Å². The van der Waals surface area contributed by atoms with Gasteiger partial charge in [-0.2, -0.15) is 5.10 Å². The zero-order valence-electron chi connectivity index (χ0n) is 16.0. The van der Waals surface area contributed by atoms with Crippen LogP contribution in [0.1, 0.15) is 35.4 Å². The van der Waals surface area contributed by atoms with E-state index < -0.39 is 6.23 Å². The molecule has 0 spiro atoms. The molecule has 2 aliphatic heterocycles. The van der Waals surface area contributed by atoms with Crippen molar-refractivity contribution in [3.8, 4) is 11.5 Å². The number of hydrogen-bond donors (Lipinski definition) is 0. The van der Waals surface area contributed by atoms with E-state index in [-0.39, 0.29) is 6.04 Å². The summed E-state index contributed by atoms with van der Waals surface area (Å²) in [4.78, 5) is 0. The molecule has 30 heavy (non-hydrogen) atoms. The van der Waals surface area contributed by atoms with Gasteiger partial charge in [-0.15, -0.1) is 0 Å². The van der Waals surface area contributed by atoms with Gasteiger partial charge < -0.3 is 9.47 Å². The van der Waals surface area contributed by atoms with Crippen LogP contribution in [-0.2, 0) is 0 Å². The Kier molecular flexibility index (Phi) is 5.02. The molecule has 0 radical (unpaired) electrons. The van der Waals surface area contributed by atoms with E-state index in [1.807, 2.05) is 59.6 Å². The van der Waals surface area contributed by atoms with E-state index in [1.54, 1.807) is 13.2 Å². The molecule has 0 fully saturated rings. The molecular weight excluding hydrogens is 443 g/mol. The highest BCUT2D eigenvalue weighted by Crippen LogP contribution is 2.50. The van der Waals surface area contributed by atoms with Gasteiger partial charge in [0, 0.05) is 27.6 Å². The number of halogens is 3. The van der Waals surface area contributed by atoms with Gasteiger partial charge in [0.2, 0.25) is 6.23 Å². The quantitative estimate of drug-likeness (QED) is 0.427. The van der Waals surface area contributed by atoms with Crippen molar-refractivity contribution in [2.24, 2.45) is 5.10 Å². The molecule has 0 saturated carbocycles. The molecule has 3 aromatic carbocycles. The maximum Gasteiger partial charge on any atom is 0.214 e. The monoisotopic (exact) mass is 458 g/mol. The fourth-order valence-electron chi connectivity index (χ4n) is 3.95. The summed E-state index contributed by atoms with van der Waals surface area (Å²) in [6.45, 7) is 0. The lowest BCUT2D eigenvalue weighted by Crippen LogP contribution is -2.33. The van der Waals surface area contributed by atoms with Crippen LogP contribution in [0.4, 0.5) is 0 Å². The molecule has 3 aromatic rings. The first-order valence-electron chi connectivity index (χ1n) is 9.45. The van der Waals surface area contributed by atoms with Gasteiger partial charge in [0.05, 0.1) is 23.9 Å². The Morgan fingerprint density at radius 2 is 1.80 bits per heavy atom. The zero-order chi connectivity index (χ0) is 20.8. The van der Waals surface area contributed by atoms with Crippen LogP contribution in [0.3, 0.4) is 0 Å². The summed E-state index contributed by atoms with van der Waals surface area (Å²) in [5.74, 6) is 1.44. The van der Waals surface area contributed by atoms with Crippen molar-refractivity contribution in [2.45, 2.75) is 18.7 Å². The fourth-order valence-corrected chi connectivity index (χ4v) is 4.71. The van der Waals surface area contributed by atoms with E-state index in [9.17, 15) is 0 Å². The number of methoxy groups -OCH3 is 1. The van der Waals surface area contributed by atoms with Crippen LogP contribution in [-0.4, -0.2) is 17.8 Å². The predicted octanol–water partition coefficient (Wildman–Crippen LogP) is 6.90. The number of rotatable bonds is 3. The first-order valence-corrected chi connectivity index (χ1v) is 10.6. The molecule has 2 aliphatic rings. The van der Waals surface area contributed by atoms with Gasteiger partial charge in [-0.3, -0.25) is 0 Å². The minimum absolute atomic E-state index is 0.0500. The minimum atomic E-state index is -0.448. The van der Waals surface area contributed by atoms with Crippen molar-refractivity contribution in [1.29, 1.82) is 0 Å². The topological polar surface area (TPSA) is 34.1 Å². The Morgan fingerprint density at radius 1 is 1.00 bits per heavy atom. The standard InChI is InChI=1S/C23H17Cl3N2O2/c1-29-17-7-5-13(6-8-17)20-12-21-18-10-16(25)11-19(26)22(18)30-23(28(21)27-20)14-3-2-4-15(24)9-14/h2-11,21,23H,12H2,1H3/t21-,23-/m1/s1. The molecule has 0 aliphatic carbocycles. The van der Waals surface area contributed by atoms with Crippen LogP contribution < -0.4 is 9.47 Å². The van der Waals surface area contributed by atoms with Crippen LogP contribution in [0.5, 0.6) is 11.5 Å². The minimum Gasteiger partial charge on any atom is -0.497 e. The average Bonchev–Trinajstić information content (AvgIpc) is 3.19. The molecule has 0 unspecified atom stereocenters. The lowest BCUT2D eigenvalue weighted by Gasteiger charge is -2.38. The molecule has 0 amide bonds. The SMILES string of the molecule is COc1ccc(C2=NN3[C@H](C2)c2cc(Cl)cc(Cl)c2O[C@@H]3c2cccc(Cl)c2)cc1. The summed E-state index contributed by atoms with van der Waals surface area (Å²) in [7, 11) is 1.65. The molecule has 2 atom stereocenters. The normalized spacial score (nSPS) is 19.6. The third kappa shape index (κ3) is 3.39. The Labute approximate surface area is 189 Å². The van der Waals surface area contributed by atoms with Crippen molar-refractivity contribution < 1.29 is 9.47 Å². The van der Waals surface area contributed by atoms with Gasteiger partial charge in [0.25, 0.3) is 0 Å². The van der Waals surface area contributed by atoms with Crippen LogP contribution in [0.15, 0.2) is 65.8 Å². The van der Waals surface area contributed by atoms with Gasteiger partial charge >= 0.3 is 0 Å². The average molecular weight is 460 g/mol. The second-order valence-electron chi connectivity index (χ2n) is 7.21. The third-order valence-electron chi connectivity index (χ3n) is 5.37. The van der Waals surface area contributed by atoms with Gasteiger partial charge in [-0.1, -0.05) is 46.9 Å². The van der Waals surface area contributed by atoms with Gasteiger partial charge in [-0.25, -0.2) is 5.01 Å². The van der Waals surface area contributed by atoms with E-state index in [1.165, 1.54) is 0 Å². The molecule has 0 bridgehead atoms. The maximum atomic E-state index is 6.50. The first kappa shape index (κ1) is 19.6. The van der Waals surface area contributed by atoms with Crippen molar-refractivity contribution in [3.63, 3.8) is 0 Å². The second-order valence-corrected chi connectivity index (χ2v) is 8.49. The molecular formula is C23H17Cl3N2O2. The summed E-state index contributed by atoms with van der Waals surface area (Å²) in [6, 6.07) is 19.0. The molecule has 4 nitrogen and oxygen atoms in total. The lowest BCUT2D eigenvalue weighted by atomic mass is 9.96. The molecule has 7 heteroatoms. The number of nitrogens with zero attached hydrogens (tertiary/aromatic N) is 2. The zero-order valence-corrected chi connectivity index (χ0v) is 18.2. The summed E-state index contributed by atoms with van der Waals surface area (Å²) in [5, 5.41) is 8.61. The fraction of sp³-hybridized carbons (Fsp3) is 0.174. The van der Waals surface area contributed by atoms with Crippen molar-refractivity contribution >= 4 is 40.5 Å². The number of fused-ring (bicyclic) bond motifs is 3. The lowest BCUT2D eigenvalue weighted by molar-refractivity contribution is -0.0189. The van der Waals surface area contributed by atoms with Crippen LogP contribution in [0, 0.1) is 0 Å². The predicted molar refractivity (Wildman–Crippen MR) is 120 cm³/mol. The number of hydrazone groups is 1. The van der Waals surface area contributed by atoms with E-state index in [0.717, 1.165) is 28.2 Å². The summed E-state index contributed by atoms with van der Waals surface area (Å²) in [6.07, 6.45) is 0.256. The molecule has 0 N–H and O–H groups in total. The Morgan fingerprint density at radius 3 is 2.53 bits per heavy atom. The second kappa shape index (κ2) is 7.69. The first-order chi connectivity index (χ1) is 14.5. The van der Waals surface area contributed by atoms with Crippen LogP contribution in [0.25, 0.3) is 0 Å². The van der Waals surface area contributed by atoms with Gasteiger partial charge in [0.1, 0.15) is 11.5 Å². The Balaban J connectivity index is 1.61. The van der Waals surface area contributed by atoms with Crippen molar-refractivity contribution in [1.82, 2.24) is 5.01 Å². The van der Waals surface area contributed by atoms with Gasteiger partial charge in [0.15, 0.2) is 0 Å². The largest absolute Gasteiger partial charge is 0.497 e.